The molecule has 0 aromatic heterocycles. The van der Waals surface area contributed by atoms with Crippen LogP contribution in [-0.4, -0.2) is 30.4 Å². The fourth-order valence-corrected chi connectivity index (χ4v) is 4.40. The molecule has 1 aromatic rings. The molecule has 1 aliphatic heterocycles. The molecule has 1 aromatic carbocycles. The number of rotatable bonds is 7. The second-order valence-corrected chi connectivity index (χ2v) is 8.38. The molecule has 5 heteroatoms. The van der Waals surface area contributed by atoms with Gasteiger partial charge in [-0.3, -0.25) is 0 Å². The molecular formula is C22H29BrO4. The Morgan fingerprint density at radius 2 is 2.07 bits per heavy atom. The third kappa shape index (κ3) is 5.23. The quantitative estimate of drug-likeness (QED) is 0.478. The maximum absolute atomic E-state index is 11.7. The lowest BCUT2D eigenvalue weighted by Crippen LogP contribution is -2.30. The van der Waals surface area contributed by atoms with Crippen LogP contribution in [0.15, 0.2) is 40.4 Å². The number of cyclic esters (lactones) is 1. The van der Waals surface area contributed by atoms with Crippen LogP contribution >= 0.6 is 15.9 Å². The molecule has 1 unspecified atom stereocenters. The highest BCUT2D eigenvalue weighted by Crippen LogP contribution is 2.38. The maximum atomic E-state index is 11.7. The van der Waals surface area contributed by atoms with Gasteiger partial charge in [0.25, 0.3) is 0 Å². The highest BCUT2D eigenvalue weighted by Gasteiger charge is 2.29. The zero-order chi connectivity index (χ0) is 20.3. The van der Waals surface area contributed by atoms with Gasteiger partial charge in [-0.15, -0.1) is 0 Å². The van der Waals surface area contributed by atoms with Gasteiger partial charge in [0.05, 0.1) is 13.2 Å². The van der Waals surface area contributed by atoms with Gasteiger partial charge >= 0.3 is 5.97 Å². The molecule has 148 valence electrons. The van der Waals surface area contributed by atoms with Crippen molar-refractivity contribution in [2.45, 2.75) is 58.7 Å². The van der Waals surface area contributed by atoms with E-state index in [0.29, 0.717) is 12.8 Å². The van der Waals surface area contributed by atoms with Crippen LogP contribution in [0.3, 0.4) is 0 Å². The molecule has 27 heavy (non-hydrogen) atoms. The Morgan fingerprint density at radius 1 is 1.41 bits per heavy atom. The van der Waals surface area contributed by atoms with Gasteiger partial charge in [-0.2, -0.15) is 0 Å². The summed E-state index contributed by atoms with van der Waals surface area (Å²) in [5, 5.41) is 10.8. The second kappa shape index (κ2) is 9.07. The van der Waals surface area contributed by atoms with E-state index in [2.05, 4.69) is 22.5 Å². The number of ether oxygens (including phenoxy) is 2. The van der Waals surface area contributed by atoms with Crippen molar-refractivity contribution in [3.63, 3.8) is 0 Å². The van der Waals surface area contributed by atoms with Crippen molar-refractivity contribution in [2.24, 2.45) is 5.92 Å². The standard InChI is InChI=1S/C22H29BrO4/c1-12-7-17(23)22(20(10-12)26-6)16(5)18(24)8-13(2)9-19-15(4)14(3)11-21(25)27-19/h7,10-11,15-16,18-19,24H,2,8-9H2,1,3-6H3/t15-,16-,18?,19+/m0/s1. The van der Waals surface area contributed by atoms with Crippen LogP contribution in [0.5, 0.6) is 5.75 Å². The van der Waals surface area contributed by atoms with Crippen LogP contribution in [0.25, 0.3) is 0 Å². The zero-order valence-electron chi connectivity index (χ0n) is 16.7. The van der Waals surface area contributed by atoms with Crippen molar-refractivity contribution in [3.8, 4) is 5.75 Å². The van der Waals surface area contributed by atoms with E-state index in [-0.39, 0.29) is 23.9 Å². The number of hydrogen-bond acceptors (Lipinski definition) is 4. The molecule has 4 atom stereocenters. The zero-order valence-corrected chi connectivity index (χ0v) is 18.3. The predicted molar refractivity (Wildman–Crippen MR) is 111 cm³/mol. The Balaban J connectivity index is 2.06. The SMILES string of the molecule is C=C(CC(O)[C@H](C)c1c(Br)cc(C)cc1OC)C[C@H]1OC(=O)C=C(C)[C@@H]1C. The normalized spacial score (nSPS) is 21.9. The van der Waals surface area contributed by atoms with Gasteiger partial charge in [-0.25, -0.2) is 4.79 Å². The molecule has 0 saturated heterocycles. The van der Waals surface area contributed by atoms with Crippen LogP contribution in [0.2, 0.25) is 0 Å². The summed E-state index contributed by atoms with van der Waals surface area (Å²) < 4.78 is 11.9. The molecule has 0 amide bonds. The molecular weight excluding hydrogens is 408 g/mol. The third-order valence-electron chi connectivity index (χ3n) is 5.36. The number of methoxy groups -OCH3 is 1. The van der Waals surface area contributed by atoms with E-state index in [9.17, 15) is 9.90 Å². The predicted octanol–water partition coefficient (Wildman–Crippen LogP) is 5.07. The summed E-state index contributed by atoms with van der Waals surface area (Å²) >= 11 is 3.60. The molecule has 1 heterocycles. The summed E-state index contributed by atoms with van der Waals surface area (Å²) in [5.74, 6) is 0.472. The Hall–Kier alpha value is -1.59. The van der Waals surface area contributed by atoms with Crippen molar-refractivity contribution < 1.29 is 19.4 Å². The first-order valence-electron chi connectivity index (χ1n) is 9.21. The first-order valence-corrected chi connectivity index (χ1v) is 10.0. The van der Waals surface area contributed by atoms with E-state index in [1.807, 2.05) is 39.8 Å². The van der Waals surface area contributed by atoms with E-state index in [0.717, 1.165) is 32.5 Å². The molecule has 2 rings (SSSR count). The van der Waals surface area contributed by atoms with Gasteiger partial charge in [-0.05, 0) is 38.0 Å². The number of aliphatic hydroxyl groups is 1. The van der Waals surface area contributed by atoms with E-state index >= 15 is 0 Å². The lowest BCUT2D eigenvalue weighted by molar-refractivity contribution is -0.146. The second-order valence-electron chi connectivity index (χ2n) is 7.53. The average molecular weight is 437 g/mol. The number of benzene rings is 1. The molecule has 0 fully saturated rings. The minimum Gasteiger partial charge on any atom is -0.496 e. The van der Waals surface area contributed by atoms with E-state index in [4.69, 9.17) is 9.47 Å². The van der Waals surface area contributed by atoms with Gasteiger partial charge in [0.15, 0.2) is 0 Å². The van der Waals surface area contributed by atoms with E-state index in [1.165, 1.54) is 0 Å². The van der Waals surface area contributed by atoms with Crippen molar-refractivity contribution in [2.75, 3.05) is 7.11 Å². The summed E-state index contributed by atoms with van der Waals surface area (Å²) in [6.07, 6.45) is 1.69. The fraction of sp³-hybridized carbons (Fsp3) is 0.500. The third-order valence-corrected chi connectivity index (χ3v) is 6.02. The summed E-state index contributed by atoms with van der Waals surface area (Å²) in [7, 11) is 1.64. The first-order chi connectivity index (χ1) is 12.6. The smallest absolute Gasteiger partial charge is 0.331 e. The van der Waals surface area contributed by atoms with Gasteiger partial charge in [0.1, 0.15) is 11.9 Å². The largest absolute Gasteiger partial charge is 0.496 e. The molecule has 1 aliphatic rings. The lowest BCUT2D eigenvalue weighted by Gasteiger charge is -2.30. The van der Waals surface area contributed by atoms with Crippen molar-refractivity contribution in [1.29, 1.82) is 0 Å². The number of carbonyl (C=O) groups is 1. The Kier molecular flexibility index (Phi) is 7.29. The van der Waals surface area contributed by atoms with Crippen LogP contribution in [0.1, 0.15) is 50.7 Å². The van der Waals surface area contributed by atoms with Crippen LogP contribution in [-0.2, 0) is 9.53 Å². The summed E-state index contributed by atoms with van der Waals surface area (Å²) in [6, 6.07) is 3.99. The van der Waals surface area contributed by atoms with Gasteiger partial charge in [0, 0.05) is 34.4 Å². The molecule has 0 bridgehead atoms. The van der Waals surface area contributed by atoms with Crippen LogP contribution in [0, 0.1) is 12.8 Å². The van der Waals surface area contributed by atoms with E-state index in [1.54, 1.807) is 13.2 Å². The van der Waals surface area contributed by atoms with Crippen LogP contribution < -0.4 is 4.74 Å². The minimum absolute atomic E-state index is 0.139. The number of aliphatic hydroxyl groups excluding tert-OH is 1. The topological polar surface area (TPSA) is 55.8 Å². The van der Waals surface area contributed by atoms with Crippen LogP contribution in [0.4, 0.5) is 0 Å². The van der Waals surface area contributed by atoms with Gasteiger partial charge in [0.2, 0.25) is 0 Å². The van der Waals surface area contributed by atoms with Gasteiger partial charge in [-0.1, -0.05) is 47.5 Å². The van der Waals surface area contributed by atoms with Crippen molar-refractivity contribution in [3.05, 3.63) is 51.5 Å². The number of hydrogen-bond donors (Lipinski definition) is 1. The lowest BCUT2D eigenvalue weighted by atomic mass is 9.86. The maximum Gasteiger partial charge on any atom is 0.331 e. The number of carbonyl (C=O) groups excluding carboxylic acids is 1. The molecule has 0 saturated carbocycles. The number of esters is 1. The van der Waals surface area contributed by atoms with E-state index < -0.39 is 6.10 Å². The van der Waals surface area contributed by atoms with Gasteiger partial charge < -0.3 is 14.6 Å². The van der Waals surface area contributed by atoms with Crippen molar-refractivity contribution >= 4 is 21.9 Å². The monoisotopic (exact) mass is 436 g/mol. The minimum atomic E-state index is -0.614. The number of aryl methyl sites for hydroxylation is 1. The average Bonchev–Trinajstić information content (AvgIpc) is 2.57. The summed E-state index contributed by atoms with van der Waals surface area (Å²) in [6.45, 7) is 12.1. The van der Waals surface area contributed by atoms with Crippen molar-refractivity contribution in [1.82, 2.24) is 0 Å². The molecule has 0 radical (unpaired) electrons. The Labute approximate surface area is 170 Å². The molecule has 1 N–H and O–H groups in total. The number of halogens is 1. The Morgan fingerprint density at radius 3 is 2.70 bits per heavy atom. The first kappa shape index (κ1) is 21.7. The highest BCUT2D eigenvalue weighted by atomic mass is 79.9. The fourth-order valence-electron chi connectivity index (χ4n) is 3.48. The molecule has 0 aliphatic carbocycles. The Bertz CT molecular complexity index is 753. The molecule has 0 spiro atoms. The molecule has 4 nitrogen and oxygen atoms in total. The summed E-state index contributed by atoms with van der Waals surface area (Å²) in [5.41, 5.74) is 3.92. The highest BCUT2D eigenvalue weighted by molar-refractivity contribution is 9.10. The summed E-state index contributed by atoms with van der Waals surface area (Å²) in [4.78, 5) is 11.7.